The van der Waals surface area contributed by atoms with E-state index in [2.05, 4.69) is 4.98 Å². The molecule has 2 N–H and O–H groups in total. The summed E-state index contributed by atoms with van der Waals surface area (Å²) in [7, 11) is 3.72. The van der Waals surface area contributed by atoms with Gasteiger partial charge in [0, 0.05) is 53.1 Å². The zero-order chi connectivity index (χ0) is 24.7. The molecular formula is C27H25ClN4O2S. The minimum atomic E-state index is -0.395. The Balaban J connectivity index is 1.96. The lowest BCUT2D eigenvalue weighted by molar-refractivity contribution is 0.340. The molecule has 0 fully saturated rings. The van der Waals surface area contributed by atoms with Gasteiger partial charge in [-0.2, -0.15) is 0 Å². The number of pyridine rings is 1. The van der Waals surface area contributed by atoms with Crippen molar-refractivity contribution in [3.63, 3.8) is 0 Å². The zero-order valence-corrected chi connectivity index (χ0v) is 21.2. The lowest BCUT2D eigenvalue weighted by Gasteiger charge is -2.23. The number of nitrogens with zero attached hydrogens (tertiary/aromatic N) is 3. The Morgan fingerprint density at radius 3 is 2.63 bits per heavy atom. The number of aryl methyl sites for hydroxylation is 2. The third kappa shape index (κ3) is 4.00. The van der Waals surface area contributed by atoms with Crippen molar-refractivity contribution in [2.45, 2.75) is 12.8 Å². The first-order valence-electron chi connectivity index (χ1n) is 11.3. The number of aromatic nitrogens is 3. The van der Waals surface area contributed by atoms with Crippen LogP contribution in [0.2, 0.25) is 4.34 Å². The summed E-state index contributed by atoms with van der Waals surface area (Å²) in [5, 5.41) is 0.827. The van der Waals surface area contributed by atoms with Gasteiger partial charge in [-0.15, -0.1) is 11.3 Å². The van der Waals surface area contributed by atoms with Crippen LogP contribution in [-0.2, 0) is 14.1 Å². The van der Waals surface area contributed by atoms with Gasteiger partial charge in [-0.05, 0) is 48.9 Å². The Morgan fingerprint density at radius 1 is 1.14 bits per heavy atom. The highest BCUT2D eigenvalue weighted by molar-refractivity contribution is 7.16. The van der Waals surface area contributed by atoms with Gasteiger partial charge in [-0.1, -0.05) is 29.8 Å². The fourth-order valence-electron chi connectivity index (χ4n) is 4.68. The van der Waals surface area contributed by atoms with E-state index in [1.54, 1.807) is 24.1 Å². The molecule has 3 aromatic heterocycles. The van der Waals surface area contributed by atoms with Crippen LogP contribution in [-0.4, -0.2) is 20.7 Å². The fourth-order valence-corrected chi connectivity index (χ4v) is 5.87. The number of imidazole rings is 1. The van der Waals surface area contributed by atoms with Crippen molar-refractivity contribution in [3.8, 4) is 16.9 Å². The number of ether oxygens (including phenoxy) is 1. The molecule has 0 amide bonds. The van der Waals surface area contributed by atoms with E-state index < -0.39 is 5.92 Å². The Morgan fingerprint density at radius 2 is 1.94 bits per heavy atom. The molecule has 0 aliphatic carbocycles. The molecule has 0 spiro atoms. The van der Waals surface area contributed by atoms with E-state index in [4.69, 9.17) is 22.1 Å². The largest absolute Gasteiger partial charge is 0.494 e. The Bertz CT molecular complexity index is 1600. The molecule has 0 saturated carbocycles. The van der Waals surface area contributed by atoms with Crippen molar-refractivity contribution in [2.75, 3.05) is 12.3 Å². The molecule has 0 bridgehead atoms. The van der Waals surface area contributed by atoms with Crippen LogP contribution >= 0.6 is 22.9 Å². The van der Waals surface area contributed by atoms with E-state index >= 15 is 0 Å². The average molecular weight is 505 g/mol. The standard InChI is InChI=1S/C27H25ClN4O2S/c1-4-34-17-8-5-7-16(13-17)23-24-18(29)9-6-10-19(24)32(3)27(33)26(23)25(20-14-30-15-31(20)2)21-11-12-22(28)35-21/h5-15,25H,4,29H2,1-3H3. The molecule has 1 atom stereocenters. The lowest BCUT2D eigenvalue weighted by atomic mass is 9.85. The smallest absolute Gasteiger partial charge is 0.255 e. The van der Waals surface area contributed by atoms with E-state index in [-0.39, 0.29) is 5.56 Å². The van der Waals surface area contributed by atoms with Crippen LogP contribution in [0.15, 0.2) is 71.9 Å². The number of nitrogens with two attached hydrogens (primary N) is 1. The summed E-state index contributed by atoms with van der Waals surface area (Å²) < 4.78 is 10.1. The second-order valence-electron chi connectivity index (χ2n) is 8.36. The van der Waals surface area contributed by atoms with Crippen molar-refractivity contribution < 1.29 is 4.74 Å². The second-order valence-corrected chi connectivity index (χ2v) is 10.1. The third-order valence-corrected chi connectivity index (χ3v) is 7.54. The number of nitrogen functional groups attached to an aromatic ring is 1. The maximum atomic E-state index is 14.2. The van der Waals surface area contributed by atoms with Gasteiger partial charge in [-0.3, -0.25) is 4.79 Å². The summed E-state index contributed by atoms with van der Waals surface area (Å²) in [6, 6.07) is 17.3. The van der Waals surface area contributed by atoms with E-state index in [1.807, 2.05) is 73.1 Å². The van der Waals surface area contributed by atoms with Crippen molar-refractivity contribution in [2.24, 2.45) is 14.1 Å². The number of hydrogen-bond acceptors (Lipinski definition) is 5. The SMILES string of the molecule is CCOc1cccc(-c2c(C(c3ccc(Cl)s3)c3cncn3C)c(=O)n(C)c3cccc(N)c23)c1. The van der Waals surface area contributed by atoms with E-state index in [9.17, 15) is 4.79 Å². The van der Waals surface area contributed by atoms with Crippen LogP contribution in [0.5, 0.6) is 5.75 Å². The minimum Gasteiger partial charge on any atom is -0.494 e. The fraction of sp³-hybridized carbons (Fsp3) is 0.185. The maximum Gasteiger partial charge on any atom is 0.255 e. The monoisotopic (exact) mass is 504 g/mol. The van der Waals surface area contributed by atoms with E-state index in [0.717, 1.165) is 38.4 Å². The summed E-state index contributed by atoms with van der Waals surface area (Å²) in [4.78, 5) is 19.5. The summed E-state index contributed by atoms with van der Waals surface area (Å²) >= 11 is 7.83. The molecule has 3 heterocycles. The van der Waals surface area contributed by atoms with Gasteiger partial charge in [0.2, 0.25) is 0 Å². The molecular weight excluding hydrogens is 480 g/mol. The molecule has 2 aromatic carbocycles. The normalized spacial score (nSPS) is 12.2. The van der Waals surface area contributed by atoms with Crippen LogP contribution in [0.4, 0.5) is 5.69 Å². The molecule has 5 rings (SSSR count). The van der Waals surface area contributed by atoms with Crippen LogP contribution in [0.25, 0.3) is 22.0 Å². The number of thiophene rings is 1. The molecule has 6 nitrogen and oxygen atoms in total. The van der Waals surface area contributed by atoms with E-state index in [1.165, 1.54) is 11.3 Å². The van der Waals surface area contributed by atoms with Crippen LogP contribution in [0.3, 0.4) is 0 Å². The number of benzene rings is 2. The Labute approximate surface area is 212 Å². The number of halogens is 1. The number of hydrogen-bond donors (Lipinski definition) is 1. The first-order chi connectivity index (χ1) is 16.9. The van der Waals surface area contributed by atoms with Crippen molar-refractivity contribution in [1.29, 1.82) is 0 Å². The van der Waals surface area contributed by atoms with Gasteiger partial charge in [0.15, 0.2) is 0 Å². The Kier molecular flexibility index (Phi) is 6.13. The zero-order valence-electron chi connectivity index (χ0n) is 19.7. The second kappa shape index (κ2) is 9.24. The summed E-state index contributed by atoms with van der Waals surface area (Å²) in [6.45, 7) is 2.49. The topological polar surface area (TPSA) is 75.1 Å². The summed E-state index contributed by atoms with van der Waals surface area (Å²) in [5.74, 6) is 0.337. The number of anilines is 1. The van der Waals surface area contributed by atoms with Gasteiger partial charge >= 0.3 is 0 Å². The van der Waals surface area contributed by atoms with Crippen molar-refractivity contribution in [1.82, 2.24) is 14.1 Å². The van der Waals surface area contributed by atoms with Crippen molar-refractivity contribution in [3.05, 3.63) is 97.9 Å². The Hall–Kier alpha value is -3.55. The number of fused-ring (bicyclic) bond motifs is 1. The third-order valence-electron chi connectivity index (χ3n) is 6.24. The first-order valence-corrected chi connectivity index (χ1v) is 12.5. The first kappa shape index (κ1) is 23.2. The molecule has 35 heavy (non-hydrogen) atoms. The molecule has 1 unspecified atom stereocenters. The number of rotatable bonds is 6. The lowest BCUT2D eigenvalue weighted by Crippen LogP contribution is -2.27. The van der Waals surface area contributed by atoms with Gasteiger partial charge in [-0.25, -0.2) is 4.98 Å². The molecule has 8 heteroatoms. The van der Waals surface area contributed by atoms with Gasteiger partial charge in [0.1, 0.15) is 5.75 Å². The highest BCUT2D eigenvalue weighted by Gasteiger charge is 2.30. The van der Waals surface area contributed by atoms with Crippen LogP contribution < -0.4 is 16.0 Å². The predicted octanol–water partition coefficient (Wildman–Crippen LogP) is 5.82. The van der Waals surface area contributed by atoms with Gasteiger partial charge in [0.25, 0.3) is 5.56 Å². The predicted molar refractivity (Wildman–Crippen MR) is 144 cm³/mol. The van der Waals surface area contributed by atoms with Crippen LogP contribution in [0.1, 0.15) is 29.0 Å². The highest BCUT2D eigenvalue weighted by atomic mass is 35.5. The molecule has 5 aromatic rings. The van der Waals surface area contributed by atoms with E-state index in [0.29, 0.717) is 22.2 Å². The molecule has 178 valence electrons. The molecule has 0 radical (unpaired) electrons. The highest BCUT2D eigenvalue weighted by Crippen LogP contribution is 2.44. The molecule has 0 aliphatic rings. The minimum absolute atomic E-state index is 0.101. The van der Waals surface area contributed by atoms with Gasteiger partial charge in [0.05, 0.1) is 28.7 Å². The summed E-state index contributed by atoms with van der Waals surface area (Å²) in [5.41, 5.74) is 11.0. The maximum absolute atomic E-state index is 14.2. The molecule has 0 aliphatic heterocycles. The average Bonchev–Trinajstić information content (AvgIpc) is 3.46. The quantitative estimate of drug-likeness (QED) is 0.296. The van der Waals surface area contributed by atoms with Crippen molar-refractivity contribution >= 4 is 39.5 Å². The summed E-state index contributed by atoms with van der Waals surface area (Å²) in [6.07, 6.45) is 3.55. The molecule has 0 saturated heterocycles. The van der Waals surface area contributed by atoms with Gasteiger partial charge < -0.3 is 19.6 Å². The van der Waals surface area contributed by atoms with Crippen LogP contribution in [0, 0.1) is 0 Å².